The fourth-order valence-electron chi connectivity index (χ4n) is 1.65. The molecule has 0 aliphatic rings. The van der Waals surface area contributed by atoms with Gasteiger partial charge in [-0.05, 0) is 52.7 Å². The quantitative estimate of drug-likeness (QED) is 0.617. The number of thioether (sulfide) groups is 1. The van der Waals surface area contributed by atoms with E-state index >= 15 is 0 Å². The van der Waals surface area contributed by atoms with Gasteiger partial charge in [0, 0.05) is 27.4 Å². The Morgan fingerprint density at radius 2 is 1.89 bits per heavy atom. The van der Waals surface area contributed by atoms with Crippen LogP contribution in [0.2, 0.25) is 0 Å². The Morgan fingerprint density at radius 1 is 1.11 bits per heavy atom. The van der Waals surface area contributed by atoms with Gasteiger partial charge >= 0.3 is 0 Å². The van der Waals surface area contributed by atoms with Crippen molar-refractivity contribution >= 4 is 33.4 Å². The summed E-state index contributed by atoms with van der Waals surface area (Å²) in [7, 11) is 0. The van der Waals surface area contributed by atoms with E-state index in [1.807, 2.05) is 17.8 Å². The lowest BCUT2D eigenvalue weighted by atomic mass is 10.2. The molecule has 18 heavy (non-hydrogen) atoms. The molecule has 0 aromatic heterocycles. The summed E-state index contributed by atoms with van der Waals surface area (Å²) in [5.41, 5.74) is 2.44. The molecule has 0 saturated carbocycles. The predicted octanol–water partition coefficient (Wildman–Crippen LogP) is 4.96. The van der Waals surface area contributed by atoms with E-state index in [-0.39, 0.29) is 0 Å². The molecular formula is C15H16BrNS. The van der Waals surface area contributed by atoms with Gasteiger partial charge in [-0.2, -0.15) is 0 Å². The molecule has 0 radical (unpaired) electrons. The van der Waals surface area contributed by atoms with Gasteiger partial charge in [0.1, 0.15) is 0 Å². The second kappa shape index (κ2) is 6.86. The Kier molecular flexibility index (Phi) is 5.14. The Balaban J connectivity index is 1.80. The number of nitrogens with one attached hydrogen (secondary N) is 1. The molecule has 2 aromatic carbocycles. The van der Waals surface area contributed by atoms with Crippen LogP contribution in [0.25, 0.3) is 0 Å². The maximum Gasteiger partial charge on any atom is 0.0487 e. The Labute approximate surface area is 121 Å². The van der Waals surface area contributed by atoms with Crippen molar-refractivity contribution in [2.24, 2.45) is 0 Å². The molecule has 0 aliphatic heterocycles. The summed E-state index contributed by atoms with van der Waals surface area (Å²) >= 11 is 5.43. The fraction of sp³-hybridized carbons (Fsp3) is 0.200. The average Bonchev–Trinajstić information content (AvgIpc) is 2.40. The van der Waals surface area contributed by atoms with Crippen LogP contribution < -0.4 is 5.32 Å². The fourth-order valence-corrected chi connectivity index (χ4v) is 2.82. The topological polar surface area (TPSA) is 12.0 Å². The standard InChI is InChI=1S/C15H16BrNS/c1-12-7-8-14(16)15(11-12)17-9-10-18-13-5-3-2-4-6-13/h2-8,11,17H,9-10H2,1H3. The lowest BCUT2D eigenvalue weighted by molar-refractivity contribution is 1.21. The minimum Gasteiger partial charge on any atom is -0.383 e. The van der Waals surface area contributed by atoms with E-state index in [4.69, 9.17) is 0 Å². The molecule has 0 saturated heterocycles. The van der Waals surface area contributed by atoms with Gasteiger partial charge in [0.05, 0.1) is 0 Å². The molecule has 1 nitrogen and oxygen atoms in total. The van der Waals surface area contributed by atoms with E-state index in [2.05, 4.69) is 70.6 Å². The van der Waals surface area contributed by atoms with Crippen LogP contribution in [0.4, 0.5) is 5.69 Å². The number of anilines is 1. The zero-order chi connectivity index (χ0) is 12.8. The highest BCUT2D eigenvalue weighted by Crippen LogP contribution is 2.23. The first-order chi connectivity index (χ1) is 8.75. The molecule has 2 aromatic rings. The Bertz CT molecular complexity index is 499. The molecule has 1 N–H and O–H groups in total. The average molecular weight is 322 g/mol. The van der Waals surface area contributed by atoms with Crippen LogP contribution in [0.1, 0.15) is 5.56 Å². The smallest absolute Gasteiger partial charge is 0.0487 e. The molecule has 0 bridgehead atoms. The number of benzene rings is 2. The van der Waals surface area contributed by atoms with Gasteiger partial charge in [-0.25, -0.2) is 0 Å². The lowest BCUT2D eigenvalue weighted by Crippen LogP contribution is -2.04. The normalized spacial score (nSPS) is 10.3. The lowest BCUT2D eigenvalue weighted by Gasteiger charge is -2.09. The predicted molar refractivity (Wildman–Crippen MR) is 84.5 cm³/mol. The van der Waals surface area contributed by atoms with Crippen LogP contribution in [-0.4, -0.2) is 12.3 Å². The van der Waals surface area contributed by atoms with E-state index in [1.54, 1.807) is 0 Å². The summed E-state index contributed by atoms with van der Waals surface area (Å²) in [6, 6.07) is 16.8. The largest absolute Gasteiger partial charge is 0.383 e. The van der Waals surface area contributed by atoms with Crippen LogP contribution >= 0.6 is 27.7 Å². The first-order valence-corrected chi connectivity index (χ1v) is 7.71. The molecular weight excluding hydrogens is 306 g/mol. The number of hydrogen-bond donors (Lipinski definition) is 1. The molecule has 0 unspecified atom stereocenters. The third kappa shape index (κ3) is 4.07. The number of halogens is 1. The van der Waals surface area contributed by atoms with Crippen molar-refractivity contribution in [3.05, 3.63) is 58.6 Å². The number of aryl methyl sites for hydroxylation is 1. The van der Waals surface area contributed by atoms with Gasteiger partial charge < -0.3 is 5.32 Å². The maximum absolute atomic E-state index is 3.56. The highest BCUT2D eigenvalue weighted by atomic mass is 79.9. The van der Waals surface area contributed by atoms with E-state index in [1.165, 1.54) is 16.1 Å². The van der Waals surface area contributed by atoms with E-state index in [9.17, 15) is 0 Å². The van der Waals surface area contributed by atoms with Gasteiger partial charge in [-0.3, -0.25) is 0 Å². The Hall–Kier alpha value is -0.930. The first-order valence-electron chi connectivity index (χ1n) is 5.93. The third-order valence-electron chi connectivity index (χ3n) is 2.55. The van der Waals surface area contributed by atoms with Crippen LogP contribution in [0, 0.1) is 6.92 Å². The van der Waals surface area contributed by atoms with Crippen molar-refractivity contribution in [1.82, 2.24) is 0 Å². The monoisotopic (exact) mass is 321 g/mol. The van der Waals surface area contributed by atoms with Gasteiger partial charge in [-0.15, -0.1) is 11.8 Å². The number of rotatable bonds is 5. The molecule has 0 heterocycles. The van der Waals surface area contributed by atoms with E-state index in [0.29, 0.717) is 0 Å². The first kappa shape index (κ1) is 13.5. The van der Waals surface area contributed by atoms with Crippen molar-refractivity contribution in [1.29, 1.82) is 0 Å². The highest BCUT2D eigenvalue weighted by Gasteiger charge is 1.99. The summed E-state index contributed by atoms with van der Waals surface area (Å²) < 4.78 is 1.12. The molecule has 0 aliphatic carbocycles. The molecule has 0 atom stereocenters. The summed E-state index contributed by atoms with van der Waals surface area (Å²) in [4.78, 5) is 1.32. The minimum atomic E-state index is 0.960. The van der Waals surface area contributed by atoms with Crippen molar-refractivity contribution < 1.29 is 0 Å². The zero-order valence-electron chi connectivity index (χ0n) is 10.3. The van der Waals surface area contributed by atoms with Crippen molar-refractivity contribution in [3.63, 3.8) is 0 Å². The van der Waals surface area contributed by atoms with Gasteiger partial charge in [0.2, 0.25) is 0 Å². The van der Waals surface area contributed by atoms with Crippen molar-refractivity contribution in [3.8, 4) is 0 Å². The molecule has 0 fully saturated rings. The molecule has 0 amide bonds. The summed E-state index contributed by atoms with van der Waals surface area (Å²) in [5.74, 6) is 1.06. The van der Waals surface area contributed by atoms with Crippen LogP contribution in [0.5, 0.6) is 0 Å². The molecule has 0 spiro atoms. The molecule has 2 rings (SSSR count). The van der Waals surface area contributed by atoms with E-state index < -0.39 is 0 Å². The van der Waals surface area contributed by atoms with Gasteiger partial charge in [0.15, 0.2) is 0 Å². The third-order valence-corrected chi connectivity index (χ3v) is 4.26. The minimum absolute atomic E-state index is 0.960. The second-order valence-corrected chi connectivity index (χ2v) is 6.09. The maximum atomic E-state index is 3.56. The van der Waals surface area contributed by atoms with Crippen LogP contribution in [-0.2, 0) is 0 Å². The Morgan fingerprint density at radius 3 is 2.67 bits per heavy atom. The van der Waals surface area contributed by atoms with Crippen molar-refractivity contribution in [2.75, 3.05) is 17.6 Å². The number of hydrogen-bond acceptors (Lipinski definition) is 2. The highest BCUT2D eigenvalue weighted by molar-refractivity contribution is 9.10. The molecule has 94 valence electrons. The SMILES string of the molecule is Cc1ccc(Br)c(NCCSc2ccccc2)c1. The molecule has 3 heteroatoms. The van der Waals surface area contributed by atoms with Gasteiger partial charge in [0.25, 0.3) is 0 Å². The van der Waals surface area contributed by atoms with Gasteiger partial charge in [-0.1, -0.05) is 24.3 Å². The second-order valence-electron chi connectivity index (χ2n) is 4.07. The van der Waals surface area contributed by atoms with Crippen LogP contribution in [0.15, 0.2) is 57.9 Å². The zero-order valence-corrected chi connectivity index (χ0v) is 12.7. The van der Waals surface area contributed by atoms with Crippen molar-refractivity contribution in [2.45, 2.75) is 11.8 Å². The van der Waals surface area contributed by atoms with E-state index in [0.717, 1.165) is 16.8 Å². The summed E-state index contributed by atoms with van der Waals surface area (Å²) in [6.45, 7) is 3.07. The summed E-state index contributed by atoms with van der Waals surface area (Å²) in [6.07, 6.45) is 0. The summed E-state index contributed by atoms with van der Waals surface area (Å²) in [5, 5.41) is 3.46. The van der Waals surface area contributed by atoms with Crippen LogP contribution in [0.3, 0.4) is 0 Å².